The van der Waals surface area contributed by atoms with Crippen LogP contribution in [0.3, 0.4) is 0 Å². The van der Waals surface area contributed by atoms with E-state index in [2.05, 4.69) is 48.5 Å². The summed E-state index contributed by atoms with van der Waals surface area (Å²) in [7, 11) is 0. The molecule has 0 spiro atoms. The van der Waals surface area contributed by atoms with Gasteiger partial charge >= 0.3 is 0 Å². The molecule has 0 bridgehead atoms. The van der Waals surface area contributed by atoms with E-state index in [0.717, 1.165) is 28.8 Å². The Morgan fingerprint density at radius 3 is 1.96 bits per heavy atom. The molecule has 136 valence electrons. The summed E-state index contributed by atoms with van der Waals surface area (Å²) in [4.78, 5) is 12.7. The number of ketones is 1. The molecule has 0 fully saturated rings. The minimum atomic E-state index is -0.186. The quantitative estimate of drug-likeness (QED) is 0.773. The van der Waals surface area contributed by atoms with Gasteiger partial charge in [0.1, 0.15) is 5.75 Å². The van der Waals surface area contributed by atoms with Crippen LogP contribution in [0.2, 0.25) is 0 Å². The first-order chi connectivity index (χ1) is 11.4. The molecule has 0 saturated carbocycles. The molecule has 0 aliphatic heterocycles. The van der Waals surface area contributed by atoms with E-state index in [1.807, 2.05) is 35.2 Å². The third kappa shape index (κ3) is 4.33. The first kappa shape index (κ1) is 19.3. The Balaban J connectivity index is 2.45. The second-order valence-electron chi connectivity index (χ2n) is 8.87. The van der Waals surface area contributed by atoms with Gasteiger partial charge in [0.05, 0.1) is 0 Å². The number of aryl methyl sites for hydroxylation is 1. The molecule has 1 N–H and O–H groups in total. The highest BCUT2D eigenvalue weighted by Gasteiger charge is 2.27. The fourth-order valence-electron chi connectivity index (χ4n) is 3.03. The number of hydrogen-bond acceptors (Lipinski definition) is 2. The number of carbonyl (C=O) groups excluding carboxylic acids is 1. The summed E-state index contributed by atoms with van der Waals surface area (Å²) >= 11 is 0. The minimum absolute atomic E-state index is 0.109. The van der Waals surface area contributed by atoms with Crippen molar-refractivity contribution in [1.82, 2.24) is 4.57 Å². The van der Waals surface area contributed by atoms with E-state index in [0.29, 0.717) is 12.2 Å². The summed E-state index contributed by atoms with van der Waals surface area (Å²) in [5.41, 5.74) is 3.12. The Kier molecular flexibility index (Phi) is 5.17. The van der Waals surface area contributed by atoms with Crippen molar-refractivity contribution in [2.45, 2.75) is 72.3 Å². The Morgan fingerprint density at radius 2 is 1.56 bits per heavy atom. The highest BCUT2D eigenvalue weighted by atomic mass is 16.3. The zero-order valence-electron chi connectivity index (χ0n) is 16.6. The lowest BCUT2D eigenvalue weighted by Crippen LogP contribution is -2.18. The Labute approximate surface area is 151 Å². The minimum Gasteiger partial charge on any atom is -0.507 e. The van der Waals surface area contributed by atoms with Crippen molar-refractivity contribution in [2.24, 2.45) is 0 Å². The molecule has 0 aliphatic rings. The maximum atomic E-state index is 12.7. The fourth-order valence-corrected chi connectivity index (χ4v) is 3.03. The molecule has 1 aromatic carbocycles. The second kappa shape index (κ2) is 6.70. The van der Waals surface area contributed by atoms with Gasteiger partial charge in [-0.1, -0.05) is 53.7 Å². The number of Topliss-reactive ketones (excluding diaryl/α,β-unsaturated/α-hetero) is 1. The normalized spacial score (nSPS) is 12.4. The van der Waals surface area contributed by atoms with Gasteiger partial charge in [-0.2, -0.15) is 0 Å². The molecule has 0 atom stereocenters. The molecule has 3 heteroatoms. The van der Waals surface area contributed by atoms with Crippen LogP contribution in [0.25, 0.3) is 0 Å². The SMILES string of the molecule is CCn1ccc(C(=O)Cc2cc(C(C)(C)C)c(O)c(C(C)(C)C)c2)c1. The van der Waals surface area contributed by atoms with Gasteiger partial charge in [0, 0.05) is 30.9 Å². The molecule has 0 amide bonds. The molecule has 3 nitrogen and oxygen atoms in total. The van der Waals surface area contributed by atoms with Gasteiger partial charge in [-0.3, -0.25) is 4.79 Å². The van der Waals surface area contributed by atoms with E-state index >= 15 is 0 Å². The standard InChI is InChI=1S/C22H31NO2/c1-8-23-10-9-16(14-23)19(24)13-15-11-17(21(2,3)4)20(25)18(12-15)22(5,6)7/h9-12,14,25H,8,13H2,1-7H3. The van der Waals surface area contributed by atoms with Crippen molar-refractivity contribution in [3.8, 4) is 5.75 Å². The van der Waals surface area contributed by atoms with Crippen molar-refractivity contribution in [1.29, 1.82) is 0 Å². The zero-order chi connectivity index (χ0) is 19.0. The van der Waals surface area contributed by atoms with Crippen LogP contribution in [-0.4, -0.2) is 15.5 Å². The predicted molar refractivity (Wildman–Crippen MR) is 104 cm³/mol. The molecule has 25 heavy (non-hydrogen) atoms. The highest BCUT2D eigenvalue weighted by Crippen LogP contribution is 2.39. The van der Waals surface area contributed by atoms with Gasteiger partial charge in [0.2, 0.25) is 0 Å². The lowest BCUT2D eigenvalue weighted by atomic mass is 9.78. The monoisotopic (exact) mass is 341 g/mol. The number of phenols is 1. The van der Waals surface area contributed by atoms with Gasteiger partial charge in [0.25, 0.3) is 0 Å². The second-order valence-corrected chi connectivity index (χ2v) is 8.87. The van der Waals surface area contributed by atoms with Crippen LogP contribution in [0.5, 0.6) is 5.75 Å². The topological polar surface area (TPSA) is 42.2 Å². The van der Waals surface area contributed by atoms with E-state index in [1.165, 1.54) is 0 Å². The van der Waals surface area contributed by atoms with Crippen LogP contribution < -0.4 is 0 Å². The summed E-state index contributed by atoms with van der Waals surface area (Å²) < 4.78 is 2.01. The van der Waals surface area contributed by atoms with E-state index in [-0.39, 0.29) is 16.6 Å². The maximum absolute atomic E-state index is 12.7. The highest BCUT2D eigenvalue weighted by molar-refractivity contribution is 5.97. The Bertz CT molecular complexity index is 735. The third-order valence-electron chi connectivity index (χ3n) is 4.59. The Hall–Kier alpha value is -2.03. The van der Waals surface area contributed by atoms with Crippen LogP contribution >= 0.6 is 0 Å². The van der Waals surface area contributed by atoms with Crippen molar-refractivity contribution in [3.63, 3.8) is 0 Å². The number of aromatic nitrogens is 1. The fraction of sp³-hybridized carbons (Fsp3) is 0.500. The number of phenolic OH excluding ortho intramolecular Hbond substituents is 1. The molecule has 2 rings (SSSR count). The van der Waals surface area contributed by atoms with E-state index < -0.39 is 0 Å². The lowest BCUT2D eigenvalue weighted by Gasteiger charge is -2.28. The number of nitrogens with zero attached hydrogens (tertiary/aromatic N) is 1. The van der Waals surface area contributed by atoms with Crippen molar-refractivity contribution in [3.05, 3.63) is 52.8 Å². The van der Waals surface area contributed by atoms with E-state index in [9.17, 15) is 9.90 Å². The van der Waals surface area contributed by atoms with Gasteiger partial charge in [-0.25, -0.2) is 0 Å². The van der Waals surface area contributed by atoms with Gasteiger partial charge in [-0.15, -0.1) is 0 Å². The Morgan fingerprint density at radius 1 is 1.04 bits per heavy atom. The number of hydrogen-bond donors (Lipinski definition) is 1. The molecule has 0 saturated heterocycles. The summed E-state index contributed by atoms with van der Waals surface area (Å²) in [6, 6.07) is 5.85. The first-order valence-electron chi connectivity index (χ1n) is 8.99. The van der Waals surface area contributed by atoms with Crippen LogP contribution in [0.4, 0.5) is 0 Å². The average molecular weight is 341 g/mol. The molecule has 1 aromatic heterocycles. The van der Waals surface area contributed by atoms with Gasteiger partial charge < -0.3 is 9.67 Å². The van der Waals surface area contributed by atoms with Crippen LogP contribution in [0.15, 0.2) is 30.6 Å². The van der Waals surface area contributed by atoms with Crippen molar-refractivity contribution < 1.29 is 9.90 Å². The predicted octanol–water partition coefficient (Wildman–Crippen LogP) is 5.23. The smallest absolute Gasteiger partial charge is 0.168 e. The van der Waals surface area contributed by atoms with Crippen LogP contribution in [-0.2, 0) is 23.8 Å². The molecule has 0 unspecified atom stereocenters. The van der Waals surface area contributed by atoms with Crippen LogP contribution in [0.1, 0.15) is 75.5 Å². The summed E-state index contributed by atoms with van der Waals surface area (Å²) in [6.07, 6.45) is 4.18. The summed E-state index contributed by atoms with van der Waals surface area (Å²) in [5.74, 6) is 0.464. The molecule has 0 radical (unpaired) electrons. The first-order valence-corrected chi connectivity index (χ1v) is 8.99. The van der Waals surface area contributed by atoms with Crippen molar-refractivity contribution >= 4 is 5.78 Å². The lowest BCUT2D eigenvalue weighted by molar-refractivity contribution is 0.0992. The molecule has 0 aliphatic carbocycles. The maximum Gasteiger partial charge on any atom is 0.168 e. The van der Waals surface area contributed by atoms with Crippen LogP contribution in [0, 0.1) is 0 Å². The zero-order valence-corrected chi connectivity index (χ0v) is 16.6. The summed E-state index contributed by atoms with van der Waals surface area (Å²) in [5, 5.41) is 10.8. The molecular weight excluding hydrogens is 310 g/mol. The van der Waals surface area contributed by atoms with E-state index in [1.54, 1.807) is 0 Å². The van der Waals surface area contributed by atoms with Gasteiger partial charge in [0.15, 0.2) is 5.78 Å². The number of carbonyl (C=O) groups is 1. The largest absolute Gasteiger partial charge is 0.507 e. The van der Waals surface area contributed by atoms with Crippen molar-refractivity contribution in [2.75, 3.05) is 0 Å². The molecule has 2 aromatic rings. The third-order valence-corrected chi connectivity index (χ3v) is 4.59. The van der Waals surface area contributed by atoms with E-state index in [4.69, 9.17) is 0 Å². The molecule has 1 heterocycles. The summed E-state index contributed by atoms with van der Waals surface area (Å²) in [6.45, 7) is 15.4. The number of rotatable bonds is 4. The van der Waals surface area contributed by atoms with Gasteiger partial charge in [-0.05, 0) is 40.5 Å². The number of aromatic hydroxyl groups is 1. The number of benzene rings is 1. The average Bonchev–Trinajstić information content (AvgIpc) is 2.95. The molecular formula is C22H31NO2.